The number of nitrogens with zero attached hydrogens (tertiary/aromatic N) is 3. The van der Waals surface area contributed by atoms with Gasteiger partial charge in [0.1, 0.15) is 5.60 Å². The zero-order chi connectivity index (χ0) is 16.9. The molecule has 23 heavy (non-hydrogen) atoms. The van der Waals surface area contributed by atoms with Gasteiger partial charge in [-0.15, -0.1) is 0 Å². The van der Waals surface area contributed by atoms with Crippen molar-refractivity contribution < 1.29 is 14.3 Å². The minimum Gasteiger partial charge on any atom is -0.444 e. The van der Waals surface area contributed by atoms with Crippen LogP contribution in [0.15, 0.2) is 18.6 Å². The van der Waals surface area contributed by atoms with Gasteiger partial charge in [0.05, 0.1) is 30.6 Å². The number of amides is 1. The largest absolute Gasteiger partial charge is 0.444 e. The number of hydrogen-bond acceptors (Lipinski definition) is 5. The van der Waals surface area contributed by atoms with E-state index in [9.17, 15) is 4.79 Å². The van der Waals surface area contributed by atoms with Gasteiger partial charge in [0.25, 0.3) is 0 Å². The van der Waals surface area contributed by atoms with Crippen LogP contribution in [0.1, 0.15) is 58.8 Å². The van der Waals surface area contributed by atoms with Crippen molar-refractivity contribution >= 4 is 6.09 Å². The molecule has 0 aliphatic carbocycles. The third kappa shape index (κ3) is 5.46. The fourth-order valence-electron chi connectivity index (χ4n) is 2.60. The van der Waals surface area contributed by atoms with Gasteiger partial charge < -0.3 is 14.4 Å². The molecule has 0 unspecified atom stereocenters. The summed E-state index contributed by atoms with van der Waals surface area (Å²) >= 11 is 0. The number of likely N-dealkylation sites (tertiary alicyclic amines) is 1. The van der Waals surface area contributed by atoms with Crippen LogP contribution in [0.3, 0.4) is 0 Å². The topological polar surface area (TPSA) is 64.5 Å². The Balaban J connectivity index is 1.92. The summed E-state index contributed by atoms with van der Waals surface area (Å²) in [6.45, 7) is 8.81. The molecule has 1 aliphatic rings. The fraction of sp³-hybridized carbons (Fsp3) is 0.706. The van der Waals surface area contributed by atoms with Crippen LogP contribution in [-0.2, 0) is 9.47 Å². The highest BCUT2D eigenvalue weighted by atomic mass is 16.6. The van der Waals surface area contributed by atoms with E-state index < -0.39 is 5.60 Å². The van der Waals surface area contributed by atoms with Crippen molar-refractivity contribution in [3.8, 4) is 0 Å². The van der Waals surface area contributed by atoms with Gasteiger partial charge in [-0.25, -0.2) is 4.79 Å². The van der Waals surface area contributed by atoms with Crippen LogP contribution < -0.4 is 0 Å². The zero-order valence-corrected chi connectivity index (χ0v) is 14.5. The monoisotopic (exact) mass is 321 g/mol. The molecule has 1 aromatic rings. The molecular weight excluding hydrogens is 294 g/mol. The molecule has 1 saturated heterocycles. The minimum atomic E-state index is -0.479. The maximum Gasteiger partial charge on any atom is 0.410 e. The van der Waals surface area contributed by atoms with Crippen LogP contribution >= 0.6 is 0 Å². The van der Waals surface area contributed by atoms with Crippen LogP contribution in [0.25, 0.3) is 0 Å². The first-order valence-corrected chi connectivity index (χ1v) is 8.24. The molecule has 0 aromatic carbocycles. The van der Waals surface area contributed by atoms with Crippen LogP contribution in [-0.4, -0.2) is 45.8 Å². The van der Waals surface area contributed by atoms with Crippen molar-refractivity contribution in [2.75, 3.05) is 13.2 Å². The van der Waals surface area contributed by atoms with Gasteiger partial charge in [0.15, 0.2) is 0 Å². The van der Waals surface area contributed by atoms with Crippen molar-refractivity contribution in [1.82, 2.24) is 14.9 Å². The molecule has 2 atom stereocenters. The molecular formula is C17H27N3O3. The van der Waals surface area contributed by atoms with Crippen molar-refractivity contribution in [2.45, 2.75) is 64.7 Å². The van der Waals surface area contributed by atoms with Gasteiger partial charge in [0.2, 0.25) is 0 Å². The molecule has 0 saturated carbocycles. The summed E-state index contributed by atoms with van der Waals surface area (Å²) in [5.41, 5.74) is 0.319. The fourth-order valence-corrected chi connectivity index (χ4v) is 2.60. The SMILES string of the molecule is C[C@H](OC[C@H]1CCCCN1C(=O)OC(C)(C)C)c1cnccn1. The van der Waals surface area contributed by atoms with Gasteiger partial charge in [-0.2, -0.15) is 0 Å². The molecule has 0 bridgehead atoms. The highest BCUT2D eigenvalue weighted by Crippen LogP contribution is 2.22. The highest BCUT2D eigenvalue weighted by molar-refractivity contribution is 5.68. The number of carbonyl (C=O) groups excluding carboxylic acids is 1. The average molecular weight is 321 g/mol. The molecule has 0 spiro atoms. The number of rotatable bonds is 4. The molecule has 6 heteroatoms. The second-order valence-corrected chi connectivity index (χ2v) is 6.93. The lowest BCUT2D eigenvalue weighted by molar-refractivity contribution is -0.0218. The Labute approximate surface area is 138 Å². The number of aromatic nitrogens is 2. The van der Waals surface area contributed by atoms with Crippen molar-refractivity contribution in [3.05, 3.63) is 24.3 Å². The summed E-state index contributed by atoms with van der Waals surface area (Å²) in [4.78, 5) is 22.5. The van der Waals surface area contributed by atoms with E-state index in [1.807, 2.05) is 27.7 Å². The average Bonchev–Trinajstić information content (AvgIpc) is 2.52. The van der Waals surface area contributed by atoms with E-state index in [0.717, 1.165) is 31.5 Å². The van der Waals surface area contributed by atoms with Gasteiger partial charge in [-0.3, -0.25) is 9.97 Å². The lowest BCUT2D eigenvalue weighted by Gasteiger charge is -2.37. The van der Waals surface area contributed by atoms with E-state index in [4.69, 9.17) is 9.47 Å². The van der Waals surface area contributed by atoms with E-state index >= 15 is 0 Å². The molecule has 0 radical (unpaired) electrons. The van der Waals surface area contributed by atoms with E-state index in [1.165, 1.54) is 0 Å². The second-order valence-electron chi connectivity index (χ2n) is 6.93. The lowest BCUT2D eigenvalue weighted by Crippen LogP contribution is -2.48. The summed E-state index contributed by atoms with van der Waals surface area (Å²) in [5, 5.41) is 0. The van der Waals surface area contributed by atoms with Crippen LogP contribution in [0.4, 0.5) is 4.79 Å². The van der Waals surface area contributed by atoms with Crippen molar-refractivity contribution in [3.63, 3.8) is 0 Å². The maximum absolute atomic E-state index is 12.4. The van der Waals surface area contributed by atoms with Gasteiger partial charge >= 0.3 is 6.09 Å². The first-order valence-electron chi connectivity index (χ1n) is 8.24. The normalized spacial score (nSPS) is 20.2. The van der Waals surface area contributed by atoms with Crippen molar-refractivity contribution in [1.29, 1.82) is 0 Å². The Morgan fingerprint density at radius 1 is 1.39 bits per heavy atom. The molecule has 2 rings (SSSR count). The number of ether oxygens (including phenoxy) is 2. The number of piperidine rings is 1. The highest BCUT2D eigenvalue weighted by Gasteiger charge is 2.31. The maximum atomic E-state index is 12.4. The molecule has 0 N–H and O–H groups in total. The molecule has 1 fully saturated rings. The number of carbonyl (C=O) groups is 1. The Hall–Kier alpha value is -1.69. The minimum absolute atomic E-state index is 0.0534. The van der Waals surface area contributed by atoms with E-state index in [1.54, 1.807) is 23.5 Å². The van der Waals surface area contributed by atoms with E-state index in [-0.39, 0.29) is 18.2 Å². The molecule has 1 aromatic heterocycles. The zero-order valence-electron chi connectivity index (χ0n) is 14.5. The molecule has 1 aliphatic heterocycles. The van der Waals surface area contributed by atoms with Gasteiger partial charge in [0, 0.05) is 18.9 Å². The third-order valence-electron chi connectivity index (χ3n) is 3.79. The predicted octanol–water partition coefficient (Wildman–Crippen LogP) is 3.34. The first-order chi connectivity index (χ1) is 10.9. The quantitative estimate of drug-likeness (QED) is 0.851. The number of hydrogen-bond donors (Lipinski definition) is 0. The summed E-state index contributed by atoms with van der Waals surface area (Å²) in [7, 11) is 0. The van der Waals surface area contributed by atoms with Crippen LogP contribution in [0.2, 0.25) is 0 Å². The summed E-state index contributed by atoms with van der Waals surface area (Å²) in [6, 6.07) is 0.0534. The Kier molecular flexibility index (Phi) is 5.93. The standard InChI is InChI=1S/C17H27N3O3/c1-13(15-11-18-8-9-19-15)22-12-14-7-5-6-10-20(14)16(21)23-17(2,3)4/h8-9,11,13-14H,5-7,10,12H2,1-4H3/t13-,14+/m0/s1. The van der Waals surface area contributed by atoms with Gasteiger partial charge in [-0.05, 0) is 47.0 Å². The summed E-state index contributed by atoms with van der Waals surface area (Å²) in [6.07, 6.45) is 7.65. The van der Waals surface area contributed by atoms with Crippen LogP contribution in [0.5, 0.6) is 0 Å². The molecule has 1 amide bonds. The van der Waals surface area contributed by atoms with E-state index in [0.29, 0.717) is 6.61 Å². The van der Waals surface area contributed by atoms with E-state index in [2.05, 4.69) is 9.97 Å². The smallest absolute Gasteiger partial charge is 0.410 e. The molecule has 6 nitrogen and oxygen atoms in total. The lowest BCUT2D eigenvalue weighted by atomic mass is 10.0. The van der Waals surface area contributed by atoms with Gasteiger partial charge in [-0.1, -0.05) is 0 Å². The predicted molar refractivity (Wildman–Crippen MR) is 87.0 cm³/mol. The molecule has 128 valence electrons. The third-order valence-corrected chi connectivity index (χ3v) is 3.79. The summed E-state index contributed by atoms with van der Waals surface area (Å²) < 4.78 is 11.4. The van der Waals surface area contributed by atoms with Crippen molar-refractivity contribution in [2.24, 2.45) is 0 Å². The van der Waals surface area contributed by atoms with Crippen LogP contribution in [0, 0.1) is 0 Å². The Bertz CT molecular complexity index is 502. The first kappa shape index (κ1) is 17.7. The Morgan fingerprint density at radius 3 is 2.83 bits per heavy atom. The second kappa shape index (κ2) is 7.73. The summed E-state index contributed by atoms with van der Waals surface area (Å²) in [5.74, 6) is 0. The molecule has 2 heterocycles. The Morgan fingerprint density at radius 2 is 2.17 bits per heavy atom.